The lowest BCUT2D eigenvalue weighted by molar-refractivity contribution is 0.950. The van der Waals surface area contributed by atoms with Gasteiger partial charge in [-0.1, -0.05) is 13.1 Å². The van der Waals surface area contributed by atoms with Crippen LogP contribution in [0, 0.1) is 11.3 Å². The zero-order chi connectivity index (χ0) is 7.33. The summed E-state index contributed by atoms with van der Waals surface area (Å²) in [6.45, 7) is 4.21. The molecule has 0 rings (SSSR count). The van der Waals surface area contributed by atoms with Crippen LogP contribution in [0.3, 0.4) is 0 Å². The highest BCUT2D eigenvalue weighted by Gasteiger charge is 2.15. The molecule has 0 bridgehead atoms. The Morgan fingerprint density at radius 2 is 2.11 bits per heavy atom. The number of nitrogens with zero attached hydrogens (tertiary/aromatic N) is 1. The van der Waals surface area contributed by atoms with Crippen molar-refractivity contribution in [1.29, 1.82) is 5.26 Å². The predicted molar refractivity (Wildman–Crippen MR) is 43.0 cm³/mol. The summed E-state index contributed by atoms with van der Waals surface area (Å²) in [4.78, 5) is 0. The van der Waals surface area contributed by atoms with Crippen LogP contribution in [0.4, 0.5) is 0 Å². The normalized spacial score (nSPS) is 10.9. The molecule has 3 heteroatoms. The smallest absolute Gasteiger partial charge is 0.150 e. The van der Waals surface area contributed by atoms with Crippen LogP contribution in [0.15, 0.2) is 0 Å². The van der Waals surface area contributed by atoms with Crippen LogP contribution in [-0.4, -0.2) is 7.38 Å². The van der Waals surface area contributed by atoms with Gasteiger partial charge in [0.1, 0.15) is 0 Å². The van der Waals surface area contributed by atoms with Crippen molar-refractivity contribution in [3.63, 3.8) is 0 Å². The molecule has 0 amide bonds. The highest BCUT2D eigenvalue weighted by molar-refractivity contribution is 7.19. The molecule has 0 aliphatic rings. The van der Waals surface area contributed by atoms with E-state index in [1.807, 2.05) is 0 Å². The average molecular weight is 162 g/mol. The van der Waals surface area contributed by atoms with Crippen LogP contribution >= 0.6 is 11.1 Å². The van der Waals surface area contributed by atoms with Crippen LogP contribution < -0.4 is 0 Å². The summed E-state index contributed by atoms with van der Waals surface area (Å²) in [6.07, 6.45) is 1.63. The fourth-order valence-corrected chi connectivity index (χ4v) is 2.01. The van der Waals surface area contributed by atoms with Crippen LogP contribution in [0.5, 0.6) is 0 Å². The van der Waals surface area contributed by atoms with E-state index in [2.05, 4.69) is 19.2 Å². The monoisotopic (exact) mass is 161 g/mol. The Labute approximate surface area is 62.3 Å². The van der Waals surface area contributed by atoms with Crippen molar-refractivity contribution in [2.75, 3.05) is 0 Å². The second-order valence-corrected chi connectivity index (χ2v) is 9.74. The Balaban J connectivity index is 3.20. The first-order valence-corrected chi connectivity index (χ1v) is 7.34. The van der Waals surface area contributed by atoms with E-state index in [4.69, 9.17) is 16.3 Å². The highest BCUT2D eigenvalue weighted by Crippen LogP contribution is 2.16. The number of nitriles is 1. The molecule has 0 N–H and O–H groups in total. The molecular weight excluding hydrogens is 150 g/mol. The van der Waals surface area contributed by atoms with E-state index in [0.29, 0.717) is 6.42 Å². The van der Waals surface area contributed by atoms with Gasteiger partial charge in [-0.05, 0) is 12.5 Å². The number of halogens is 1. The van der Waals surface area contributed by atoms with Crippen LogP contribution in [0.25, 0.3) is 0 Å². The van der Waals surface area contributed by atoms with Crippen LogP contribution in [0.1, 0.15) is 12.8 Å². The third-order valence-corrected chi connectivity index (χ3v) is 3.17. The fourth-order valence-electron chi connectivity index (χ4n) is 0.588. The van der Waals surface area contributed by atoms with Gasteiger partial charge in [-0.2, -0.15) is 16.3 Å². The molecule has 0 radical (unpaired) electrons. The molecule has 52 valence electrons. The first-order chi connectivity index (χ1) is 4.06. The Kier molecular flexibility index (Phi) is 3.92. The minimum atomic E-state index is -1.37. The van der Waals surface area contributed by atoms with E-state index in [0.717, 1.165) is 12.5 Å². The van der Waals surface area contributed by atoms with Gasteiger partial charge in [-0.25, -0.2) is 0 Å². The highest BCUT2D eigenvalue weighted by atomic mass is 35.6. The lowest BCUT2D eigenvalue weighted by atomic mass is 10.4. The molecule has 1 nitrogen and oxygen atoms in total. The molecule has 0 saturated heterocycles. The van der Waals surface area contributed by atoms with Gasteiger partial charge in [0.05, 0.1) is 6.07 Å². The first kappa shape index (κ1) is 9.00. The Bertz CT molecular complexity index is 111. The lowest BCUT2D eigenvalue weighted by Gasteiger charge is -2.09. The second kappa shape index (κ2) is 3.92. The van der Waals surface area contributed by atoms with Gasteiger partial charge in [-0.3, -0.25) is 0 Å². The Morgan fingerprint density at radius 3 is 2.44 bits per heavy atom. The molecule has 0 unspecified atom stereocenters. The maximum atomic E-state index is 8.19. The topological polar surface area (TPSA) is 23.8 Å². The maximum absolute atomic E-state index is 8.19. The molecule has 0 aromatic heterocycles. The molecule has 0 fully saturated rings. The standard InChI is InChI=1S/C6H12ClNSi/c1-9(2,7)6-4-3-5-8/h3-4,6H2,1-2H3. The van der Waals surface area contributed by atoms with Crippen molar-refractivity contribution in [2.24, 2.45) is 0 Å². The molecule has 0 atom stereocenters. The molecule has 0 heterocycles. The van der Waals surface area contributed by atoms with Gasteiger partial charge >= 0.3 is 0 Å². The van der Waals surface area contributed by atoms with E-state index in [1.54, 1.807) is 0 Å². The largest absolute Gasteiger partial charge is 0.198 e. The molecule has 0 aromatic carbocycles. The minimum absolute atomic E-state index is 0.656. The fraction of sp³-hybridized carbons (Fsp3) is 0.833. The zero-order valence-corrected chi connectivity index (χ0v) is 7.70. The molecule has 0 spiro atoms. The van der Waals surface area contributed by atoms with Crippen LogP contribution in [0.2, 0.25) is 19.1 Å². The molecular formula is C6H12ClNSi. The Morgan fingerprint density at radius 1 is 1.56 bits per heavy atom. The van der Waals surface area contributed by atoms with E-state index in [1.165, 1.54) is 0 Å². The van der Waals surface area contributed by atoms with Crippen molar-refractivity contribution in [1.82, 2.24) is 0 Å². The van der Waals surface area contributed by atoms with Crippen molar-refractivity contribution < 1.29 is 0 Å². The lowest BCUT2D eigenvalue weighted by Crippen LogP contribution is -2.14. The van der Waals surface area contributed by atoms with Gasteiger partial charge < -0.3 is 0 Å². The quantitative estimate of drug-likeness (QED) is 0.355. The molecule has 0 aliphatic heterocycles. The molecule has 0 saturated carbocycles. The molecule has 0 aromatic rings. The van der Waals surface area contributed by atoms with E-state index in [9.17, 15) is 0 Å². The minimum Gasteiger partial charge on any atom is -0.198 e. The SMILES string of the molecule is C[Si](C)(Cl)CCCC#N. The maximum Gasteiger partial charge on any atom is 0.150 e. The van der Waals surface area contributed by atoms with E-state index < -0.39 is 7.38 Å². The van der Waals surface area contributed by atoms with Gasteiger partial charge in [0, 0.05) is 6.42 Å². The van der Waals surface area contributed by atoms with Crippen molar-refractivity contribution in [3.8, 4) is 6.07 Å². The number of hydrogen-bond acceptors (Lipinski definition) is 1. The number of unbranched alkanes of at least 4 members (excludes halogenated alkanes) is 1. The molecule has 9 heavy (non-hydrogen) atoms. The zero-order valence-electron chi connectivity index (χ0n) is 5.95. The van der Waals surface area contributed by atoms with E-state index in [-0.39, 0.29) is 0 Å². The summed E-state index contributed by atoms with van der Waals surface area (Å²) in [5, 5.41) is 8.19. The average Bonchev–Trinajstić information content (AvgIpc) is 1.63. The first-order valence-electron chi connectivity index (χ1n) is 3.12. The van der Waals surface area contributed by atoms with Crippen molar-refractivity contribution in [2.45, 2.75) is 32.0 Å². The van der Waals surface area contributed by atoms with Crippen molar-refractivity contribution >= 4 is 18.5 Å². The summed E-state index contributed by atoms with van der Waals surface area (Å²) < 4.78 is 0. The number of rotatable bonds is 3. The summed E-state index contributed by atoms with van der Waals surface area (Å²) in [7, 11) is -1.37. The van der Waals surface area contributed by atoms with E-state index >= 15 is 0 Å². The summed E-state index contributed by atoms with van der Waals surface area (Å²) in [6, 6.07) is 3.16. The Hall–Kier alpha value is -0.00312. The molecule has 0 aliphatic carbocycles. The third kappa shape index (κ3) is 8.00. The predicted octanol–water partition coefficient (Wildman–Crippen LogP) is 2.73. The summed E-state index contributed by atoms with van der Waals surface area (Å²) >= 11 is 6.00. The van der Waals surface area contributed by atoms with Crippen LogP contribution in [-0.2, 0) is 0 Å². The summed E-state index contributed by atoms with van der Waals surface area (Å²) in [5.41, 5.74) is 0. The second-order valence-electron chi connectivity index (χ2n) is 2.73. The van der Waals surface area contributed by atoms with Gasteiger partial charge in [-0.15, -0.1) is 0 Å². The summed E-state index contributed by atoms with van der Waals surface area (Å²) in [5.74, 6) is 0. The van der Waals surface area contributed by atoms with Gasteiger partial charge in [0.15, 0.2) is 7.38 Å². The van der Waals surface area contributed by atoms with Gasteiger partial charge in [0.25, 0.3) is 0 Å². The number of hydrogen-bond donors (Lipinski definition) is 0. The van der Waals surface area contributed by atoms with Gasteiger partial charge in [0.2, 0.25) is 0 Å². The van der Waals surface area contributed by atoms with Crippen molar-refractivity contribution in [3.05, 3.63) is 0 Å². The third-order valence-electron chi connectivity index (χ3n) is 1.06.